The molecule has 2 rings (SSSR count). The summed E-state index contributed by atoms with van der Waals surface area (Å²) in [7, 11) is -3.86. The van der Waals surface area contributed by atoms with Crippen LogP contribution in [0.15, 0.2) is 15.4 Å². The van der Waals surface area contributed by atoms with Crippen LogP contribution in [-0.2, 0) is 10.0 Å². The number of amides is 1. The maximum absolute atomic E-state index is 12.1. The van der Waals surface area contributed by atoms with Crippen LogP contribution in [0.25, 0.3) is 0 Å². The Morgan fingerprint density at radius 3 is 2.48 bits per heavy atom. The minimum atomic E-state index is -3.86. The number of primary sulfonamides is 1. The van der Waals surface area contributed by atoms with E-state index >= 15 is 0 Å². The summed E-state index contributed by atoms with van der Waals surface area (Å²) >= 11 is 0. The molecule has 1 aromatic rings. The highest BCUT2D eigenvalue weighted by Crippen LogP contribution is 2.27. The number of rotatable bonds is 4. The number of nitrogens with one attached hydrogen (secondary N) is 1. The molecule has 1 saturated carbocycles. The molecule has 0 saturated heterocycles. The van der Waals surface area contributed by atoms with E-state index in [1.54, 1.807) is 0 Å². The molecule has 1 aliphatic rings. The Kier molecular flexibility index (Phi) is 4.73. The van der Waals surface area contributed by atoms with Crippen LogP contribution < -0.4 is 10.5 Å². The summed E-state index contributed by atoms with van der Waals surface area (Å²) in [5.41, 5.74) is 0. The highest BCUT2D eigenvalue weighted by Gasteiger charge is 2.25. The first-order valence-corrected chi connectivity index (χ1v) is 8.80. The minimum Gasteiger partial charge on any atom is -0.455 e. The normalized spacial score (nSPS) is 23.0. The highest BCUT2D eigenvalue weighted by atomic mass is 32.2. The van der Waals surface area contributed by atoms with Gasteiger partial charge in [0.15, 0.2) is 5.76 Å². The Balaban J connectivity index is 2.02. The Bertz CT molecular complexity index is 613. The predicted octanol–water partition coefficient (Wildman–Crippen LogP) is 1.93. The summed E-state index contributed by atoms with van der Waals surface area (Å²) < 4.78 is 27.9. The van der Waals surface area contributed by atoms with Crippen LogP contribution in [0.5, 0.6) is 0 Å². The predicted molar refractivity (Wildman–Crippen MR) is 78.3 cm³/mol. The molecule has 1 amide bonds. The van der Waals surface area contributed by atoms with Gasteiger partial charge < -0.3 is 9.73 Å². The van der Waals surface area contributed by atoms with Gasteiger partial charge in [0.25, 0.3) is 5.91 Å². The molecule has 0 unspecified atom stereocenters. The first-order chi connectivity index (χ1) is 9.81. The van der Waals surface area contributed by atoms with Gasteiger partial charge in [0.05, 0.1) is 0 Å². The number of aryl methyl sites for hydroxylation is 1. The second-order valence-corrected chi connectivity index (χ2v) is 7.21. The van der Waals surface area contributed by atoms with Gasteiger partial charge in [-0.1, -0.05) is 13.3 Å². The molecule has 0 spiro atoms. The molecule has 7 heteroatoms. The van der Waals surface area contributed by atoms with E-state index in [2.05, 4.69) is 12.2 Å². The standard InChI is InChI=1S/C14H22N2O4S/c1-3-10-4-6-11(7-5-10)16-14(17)12-8-13(9(2)20-12)21(15,18)19/h8,10-11H,3-7H2,1-2H3,(H,16,17)(H2,15,18,19). The van der Waals surface area contributed by atoms with Gasteiger partial charge in [0.1, 0.15) is 10.7 Å². The zero-order valence-corrected chi connectivity index (χ0v) is 13.2. The van der Waals surface area contributed by atoms with Crippen LogP contribution in [0, 0.1) is 12.8 Å². The SMILES string of the molecule is CCC1CCC(NC(=O)c2cc(S(N)(=O)=O)c(C)o2)CC1. The zero-order chi connectivity index (χ0) is 15.6. The molecule has 6 nitrogen and oxygen atoms in total. The monoisotopic (exact) mass is 314 g/mol. The lowest BCUT2D eigenvalue weighted by atomic mass is 9.84. The molecule has 118 valence electrons. The Labute approximate surface area is 125 Å². The van der Waals surface area contributed by atoms with Crippen molar-refractivity contribution in [3.05, 3.63) is 17.6 Å². The molecule has 0 aliphatic heterocycles. The van der Waals surface area contributed by atoms with E-state index in [1.165, 1.54) is 19.4 Å². The number of furan rings is 1. The summed E-state index contributed by atoms with van der Waals surface area (Å²) in [6.07, 6.45) is 5.30. The summed E-state index contributed by atoms with van der Waals surface area (Å²) in [6, 6.07) is 1.32. The van der Waals surface area contributed by atoms with Crippen molar-refractivity contribution in [3.8, 4) is 0 Å². The molecule has 3 N–H and O–H groups in total. The maximum atomic E-state index is 12.1. The van der Waals surface area contributed by atoms with Crippen molar-refractivity contribution in [1.29, 1.82) is 0 Å². The fraction of sp³-hybridized carbons (Fsp3) is 0.643. The summed E-state index contributed by atoms with van der Waals surface area (Å²) in [6.45, 7) is 3.66. The smallest absolute Gasteiger partial charge is 0.287 e. The maximum Gasteiger partial charge on any atom is 0.287 e. The van der Waals surface area contributed by atoms with E-state index in [9.17, 15) is 13.2 Å². The van der Waals surface area contributed by atoms with Crippen molar-refractivity contribution >= 4 is 15.9 Å². The molecule has 0 atom stereocenters. The quantitative estimate of drug-likeness (QED) is 0.886. The molecule has 0 bridgehead atoms. The van der Waals surface area contributed by atoms with Gasteiger partial charge in [-0.25, -0.2) is 13.6 Å². The number of hydrogen-bond acceptors (Lipinski definition) is 4. The van der Waals surface area contributed by atoms with Crippen molar-refractivity contribution in [2.24, 2.45) is 11.1 Å². The third-order valence-corrected chi connectivity index (χ3v) is 5.18. The van der Waals surface area contributed by atoms with E-state index in [0.717, 1.165) is 31.6 Å². The first-order valence-electron chi connectivity index (χ1n) is 7.25. The summed E-state index contributed by atoms with van der Waals surface area (Å²) in [4.78, 5) is 12.0. The first kappa shape index (κ1) is 16.0. The number of hydrogen-bond donors (Lipinski definition) is 2. The van der Waals surface area contributed by atoms with Gasteiger partial charge in [-0.15, -0.1) is 0 Å². The van der Waals surface area contributed by atoms with Crippen LogP contribution >= 0.6 is 0 Å². The van der Waals surface area contributed by atoms with Gasteiger partial charge in [0, 0.05) is 12.1 Å². The molecule has 0 radical (unpaired) electrons. The Morgan fingerprint density at radius 1 is 1.38 bits per heavy atom. The Hall–Kier alpha value is -1.34. The lowest BCUT2D eigenvalue weighted by Gasteiger charge is -2.28. The third-order valence-electron chi connectivity index (χ3n) is 4.16. The zero-order valence-electron chi connectivity index (χ0n) is 12.4. The largest absolute Gasteiger partial charge is 0.455 e. The van der Waals surface area contributed by atoms with E-state index in [0.29, 0.717) is 0 Å². The lowest BCUT2D eigenvalue weighted by Crippen LogP contribution is -2.37. The lowest BCUT2D eigenvalue weighted by molar-refractivity contribution is 0.0892. The van der Waals surface area contributed by atoms with E-state index in [4.69, 9.17) is 9.56 Å². The van der Waals surface area contributed by atoms with Gasteiger partial charge >= 0.3 is 0 Å². The van der Waals surface area contributed by atoms with Crippen LogP contribution in [0.1, 0.15) is 55.3 Å². The highest BCUT2D eigenvalue weighted by molar-refractivity contribution is 7.89. The molecule has 0 aromatic carbocycles. The van der Waals surface area contributed by atoms with Crippen LogP contribution in [0.3, 0.4) is 0 Å². The van der Waals surface area contributed by atoms with Gasteiger partial charge in [0.2, 0.25) is 10.0 Å². The number of nitrogens with two attached hydrogens (primary N) is 1. The van der Waals surface area contributed by atoms with E-state index in [1.807, 2.05) is 0 Å². The van der Waals surface area contributed by atoms with Gasteiger partial charge in [-0.05, 0) is 38.5 Å². The second-order valence-electron chi connectivity index (χ2n) is 5.68. The molecular formula is C14H22N2O4S. The molecule has 1 aromatic heterocycles. The van der Waals surface area contributed by atoms with Crippen molar-refractivity contribution in [1.82, 2.24) is 5.32 Å². The number of carbonyl (C=O) groups excluding carboxylic acids is 1. The average Bonchev–Trinajstić information content (AvgIpc) is 2.82. The van der Waals surface area contributed by atoms with E-state index in [-0.39, 0.29) is 28.4 Å². The van der Waals surface area contributed by atoms with Crippen molar-refractivity contribution in [2.75, 3.05) is 0 Å². The summed E-state index contributed by atoms with van der Waals surface area (Å²) in [5.74, 6) is 0.498. The van der Waals surface area contributed by atoms with E-state index < -0.39 is 10.0 Å². The van der Waals surface area contributed by atoms with Crippen LogP contribution in [-0.4, -0.2) is 20.4 Å². The molecule has 1 aliphatic carbocycles. The fourth-order valence-electron chi connectivity index (χ4n) is 2.83. The molecule has 1 fully saturated rings. The topological polar surface area (TPSA) is 102 Å². The van der Waals surface area contributed by atoms with Gasteiger partial charge in [-0.3, -0.25) is 4.79 Å². The molecule has 1 heterocycles. The second kappa shape index (κ2) is 6.19. The summed E-state index contributed by atoms with van der Waals surface area (Å²) in [5, 5.41) is 7.97. The molecule has 21 heavy (non-hydrogen) atoms. The van der Waals surface area contributed by atoms with Crippen LogP contribution in [0.4, 0.5) is 0 Å². The van der Waals surface area contributed by atoms with Crippen molar-refractivity contribution in [2.45, 2.75) is 56.9 Å². The average molecular weight is 314 g/mol. The number of carbonyl (C=O) groups is 1. The third kappa shape index (κ3) is 3.85. The van der Waals surface area contributed by atoms with Crippen molar-refractivity contribution in [3.63, 3.8) is 0 Å². The number of sulfonamides is 1. The fourth-order valence-corrected chi connectivity index (χ4v) is 3.54. The van der Waals surface area contributed by atoms with Crippen LogP contribution in [0.2, 0.25) is 0 Å². The molecular weight excluding hydrogens is 292 g/mol. The van der Waals surface area contributed by atoms with Gasteiger partial charge in [-0.2, -0.15) is 0 Å². The minimum absolute atomic E-state index is 0.00543. The Morgan fingerprint density at radius 2 is 2.00 bits per heavy atom. The van der Waals surface area contributed by atoms with Crippen molar-refractivity contribution < 1.29 is 17.6 Å².